The van der Waals surface area contributed by atoms with Crippen LogP contribution < -0.4 is 0 Å². The predicted octanol–water partition coefficient (Wildman–Crippen LogP) is 6.90. The summed E-state index contributed by atoms with van der Waals surface area (Å²) in [5.41, 5.74) is 6.48. The van der Waals surface area contributed by atoms with Crippen LogP contribution in [0.2, 0.25) is 0 Å². The van der Waals surface area contributed by atoms with Crippen molar-refractivity contribution in [3.63, 3.8) is 0 Å². The lowest BCUT2D eigenvalue weighted by atomic mass is 9.90. The van der Waals surface area contributed by atoms with E-state index >= 15 is 0 Å². The largest absolute Gasteiger partial charge is 0.387 e. The third kappa shape index (κ3) is 5.14. The highest BCUT2D eigenvalue weighted by Gasteiger charge is 2.48. The monoisotopic (exact) mass is 592 g/mol. The van der Waals surface area contributed by atoms with Gasteiger partial charge in [-0.1, -0.05) is 37.1 Å². The molecule has 4 saturated heterocycles. The fourth-order valence-corrected chi connectivity index (χ4v) is 9.40. The van der Waals surface area contributed by atoms with E-state index in [2.05, 4.69) is 83.9 Å². The first-order chi connectivity index (χ1) is 21.4. The number of benzene rings is 2. The van der Waals surface area contributed by atoms with Gasteiger partial charge in [0.05, 0.1) is 23.2 Å². The molecule has 0 saturated carbocycles. The first-order valence-electron chi connectivity index (χ1n) is 17.0. The quantitative estimate of drug-likeness (QED) is 0.254. The molecule has 8 rings (SSSR count). The van der Waals surface area contributed by atoms with Crippen molar-refractivity contribution >= 4 is 21.8 Å². The molecule has 2 N–H and O–H groups in total. The van der Waals surface area contributed by atoms with Gasteiger partial charge in [-0.2, -0.15) is 0 Å². The summed E-state index contributed by atoms with van der Waals surface area (Å²) in [5, 5.41) is 24.4. The van der Waals surface area contributed by atoms with E-state index in [0.29, 0.717) is 12.1 Å². The molecule has 10 atom stereocenters. The molecule has 4 fully saturated rings. The van der Waals surface area contributed by atoms with Crippen LogP contribution in [0.5, 0.6) is 0 Å². The van der Waals surface area contributed by atoms with Crippen LogP contribution in [-0.2, 0) is 0 Å². The maximum absolute atomic E-state index is 11.1. The number of rotatable bonds is 6. The van der Waals surface area contributed by atoms with Crippen molar-refractivity contribution < 1.29 is 10.2 Å². The zero-order chi connectivity index (χ0) is 30.5. The van der Waals surface area contributed by atoms with Crippen LogP contribution in [0.25, 0.3) is 21.8 Å². The second-order valence-electron chi connectivity index (χ2n) is 13.9. The SMILES string of the molecule is CCC1C2CCN1[C@@H](C(O)c1ccnc3ccc(C)cc13)C2.CCC1C2CCN1[C@H](C(O)c1ccnc3ccc(C)cc13)C2. The highest BCUT2D eigenvalue weighted by Crippen LogP contribution is 2.46. The Labute approximate surface area is 262 Å². The third-order valence-electron chi connectivity index (χ3n) is 11.5. The van der Waals surface area contributed by atoms with Gasteiger partial charge >= 0.3 is 0 Å². The predicted molar refractivity (Wildman–Crippen MR) is 177 cm³/mol. The molecule has 0 aliphatic carbocycles. The van der Waals surface area contributed by atoms with Gasteiger partial charge in [0.25, 0.3) is 0 Å². The summed E-state index contributed by atoms with van der Waals surface area (Å²) in [4.78, 5) is 14.0. The number of aromatic nitrogens is 2. The van der Waals surface area contributed by atoms with Gasteiger partial charge in [0.2, 0.25) is 0 Å². The van der Waals surface area contributed by atoms with Crippen LogP contribution in [0, 0.1) is 25.7 Å². The Kier molecular flexibility index (Phi) is 8.21. The Hall–Kier alpha value is -2.90. The average molecular weight is 593 g/mol. The molecule has 232 valence electrons. The zero-order valence-corrected chi connectivity index (χ0v) is 26.7. The van der Waals surface area contributed by atoms with Crippen LogP contribution in [0.1, 0.15) is 86.8 Å². The van der Waals surface area contributed by atoms with Gasteiger partial charge in [-0.25, -0.2) is 0 Å². The van der Waals surface area contributed by atoms with Gasteiger partial charge < -0.3 is 10.2 Å². The summed E-state index contributed by atoms with van der Waals surface area (Å²) in [7, 11) is 0. The lowest BCUT2D eigenvalue weighted by molar-refractivity contribution is 0.0594. The molecular weight excluding hydrogens is 544 g/mol. The summed E-state index contributed by atoms with van der Waals surface area (Å²) in [6.07, 6.45) is 10.1. The molecule has 4 aromatic rings. The van der Waals surface area contributed by atoms with Gasteiger partial charge in [-0.3, -0.25) is 19.8 Å². The Morgan fingerprint density at radius 2 is 1.11 bits per heavy atom. The van der Waals surface area contributed by atoms with Crippen LogP contribution >= 0.6 is 0 Å². The topological polar surface area (TPSA) is 72.7 Å². The number of fused-ring (bicyclic) bond motifs is 6. The van der Waals surface area contributed by atoms with Crippen molar-refractivity contribution in [1.82, 2.24) is 19.8 Å². The molecule has 6 nitrogen and oxygen atoms in total. The van der Waals surface area contributed by atoms with Crippen molar-refractivity contribution in [2.45, 2.75) is 103 Å². The Balaban J connectivity index is 0.000000142. The summed E-state index contributed by atoms with van der Waals surface area (Å²) in [5.74, 6) is 1.55. The van der Waals surface area contributed by atoms with Crippen LogP contribution in [-0.4, -0.2) is 67.2 Å². The fourth-order valence-electron chi connectivity index (χ4n) is 9.40. The van der Waals surface area contributed by atoms with Crippen molar-refractivity contribution in [3.8, 4) is 0 Å². The number of aryl methyl sites for hydroxylation is 2. The molecule has 8 unspecified atom stereocenters. The molecule has 0 amide bonds. The van der Waals surface area contributed by atoms with E-state index in [-0.39, 0.29) is 12.1 Å². The molecule has 0 radical (unpaired) electrons. The molecular formula is C38H48N4O2. The maximum atomic E-state index is 11.1. The standard InChI is InChI=1S/2C19H24N2O/c2*1-3-17-13-7-9-21(17)18(11-13)19(22)14-6-8-20-16-5-4-12(2)10-15(14)16/h2*4-6,8,10,13,17-19,22H,3,7,9,11H2,1-2H3/t2*13?,17?,18-,19?/m10/s1. The molecule has 6 heterocycles. The minimum Gasteiger partial charge on any atom is -0.387 e. The van der Waals surface area contributed by atoms with Crippen molar-refractivity contribution in [3.05, 3.63) is 83.2 Å². The van der Waals surface area contributed by atoms with E-state index < -0.39 is 12.2 Å². The van der Waals surface area contributed by atoms with Gasteiger partial charge in [-0.05, 0) is 125 Å². The highest BCUT2D eigenvalue weighted by molar-refractivity contribution is 5.84. The van der Waals surface area contributed by atoms with Gasteiger partial charge in [0, 0.05) is 47.3 Å². The summed E-state index contributed by atoms with van der Waals surface area (Å²) in [6.45, 7) is 11.0. The van der Waals surface area contributed by atoms with E-state index in [1.807, 2.05) is 24.5 Å². The zero-order valence-electron chi connectivity index (χ0n) is 26.7. The van der Waals surface area contributed by atoms with Crippen LogP contribution in [0.3, 0.4) is 0 Å². The third-order valence-corrected chi connectivity index (χ3v) is 11.5. The van der Waals surface area contributed by atoms with Crippen molar-refractivity contribution in [2.24, 2.45) is 11.8 Å². The second-order valence-corrected chi connectivity index (χ2v) is 13.9. The van der Waals surface area contributed by atoms with Crippen molar-refractivity contribution in [2.75, 3.05) is 13.1 Å². The second kappa shape index (κ2) is 12.1. The van der Waals surface area contributed by atoms with E-state index in [9.17, 15) is 10.2 Å². The molecule has 2 aromatic carbocycles. The lowest BCUT2D eigenvalue weighted by Gasteiger charge is -2.31. The summed E-state index contributed by atoms with van der Waals surface area (Å²) < 4.78 is 0. The van der Waals surface area contributed by atoms with Crippen LogP contribution in [0.15, 0.2) is 60.9 Å². The molecule has 0 spiro atoms. The number of aliphatic hydroxyl groups is 2. The van der Waals surface area contributed by atoms with E-state index in [1.54, 1.807) is 0 Å². The molecule has 4 bridgehead atoms. The highest BCUT2D eigenvalue weighted by atomic mass is 16.3. The minimum absolute atomic E-state index is 0.273. The van der Waals surface area contributed by atoms with Gasteiger partial charge in [0.15, 0.2) is 0 Å². The maximum Gasteiger partial charge on any atom is 0.0952 e. The molecule has 44 heavy (non-hydrogen) atoms. The Bertz CT molecular complexity index is 1520. The first-order valence-corrected chi connectivity index (χ1v) is 17.0. The van der Waals surface area contributed by atoms with Crippen molar-refractivity contribution in [1.29, 1.82) is 0 Å². The number of nitrogens with zero attached hydrogens (tertiary/aromatic N) is 4. The normalized spacial score (nSPS) is 31.8. The van der Waals surface area contributed by atoms with Crippen LogP contribution in [0.4, 0.5) is 0 Å². The smallest absolute Gasteiger partial charge is 0.0952 e. The first kappa shape index (κ1) is 29.8. The Morgan fingerprint density at radius 3 is 1.50 bits per heavy atom. The number of hydrogen-bond donors (Lipinski definition) is 2. The number of hydrogen-bond acceptors (Lipinski definition) is 6. The Morgan fingerprint density at radius 1 is 0.682 bits per heavy atom. The van der Waals surface area contributed by atoms with Gasteiger partial charge in [0.1, 0.15) is 0 Å². The summed E-state index contributed by atoms with van der Waals surface area (Å²) >= 11 is 0. The minimum atomic E-state index is -0.411. The average Bonchev–Trinajstić information content (AvgIpc) is 3.82. The molecule has 2 aromatic heterocycles. The molecule has 6 heteroatoms. The van der Waals surface area contributed by atoms with Gasteiger partial charge in [-0.15, -0.1) is 0 Å². The molecule has 4 aliphatic heterocycles. The number of pyridine rings is 2. The summed E-state index contributed by atoms with van der Waals surface area (Å²) in [6, 6.07) is 18.5. The number of aliphatic hydroxyl groups excluding tert-OH is 2. The van der Waals surface area contributed by atoms with E-state index in [0.717, 1.165) is 70.7 Å². The lowest BCUT2D eigenvalue weighted by Crippen LogP contribution is -2.38. The number of piperidine rings is 2. The fraction of sp³-hybridized carbons (Fsp3) is 0.526. The van der Waals surface area contributed by atoms with E-state index in [4.69, 9.17) is 0 Å². The van der Waals surface area contributed by atoms with E-state index in [1.165, 1.54) is 36.8 Å². The molecule has 4 aliphatic rings.